The molecule has 4 nitrogen and oxygen atoms in total. The van der Waals surface area contributed by atoms with Gasteiger partial charge in [0.05, 0.1) is 17.1 Å². The van der Waals surface area contributed by atoms with E-state index in [0.29, 0.717) is 17.7 Å². The Hall–Kier alpha value is -1.54. The van der Waals surface area contributed by atoms with Crippen molar-refractivity contribution in [2.24, 2.45) is 0 Å². The molecular formula is C11H11NO3S. The van der Waals surface area contributed by atoms with Crippen LogP contribution in [0.1, 0.15) is 12.0 Å². The van der Waals surface area contributed by atoms with Gasteiger partial charge in [-0.05, 0) is 18.6 Å². The van der Waals surface area contributed by atoms with Gasteiger partial charge in [0, 0.05) is 0 Å². The highest BCUT2D eigenvalue weighted by Crippen LogP contribution is 2.22. The summed E-state index contributed by atoms with van der Waals surface area (Å²) in [6.45, 7) is 0. The molecule has 1 aromatic rings. The van der Waals surface area contributed by atoms with Crippen LogP contribution >= 0.6 is 0 Å². The number of rotatable bonds is 2. The highest BCUT2D eigenvalue weighted by Gasteiger charge is 2.29. The molecule has 1 fully saturated rings. The smallest absolute Gasteiger partial charge is 0.154 e. The van der Waals surface area contributed by atoms with Gasteiger partial charge in [0.15, 0.2) is 9.84 Å². The van der Waals surface area contributed by atoms with Crippen LogP contribution in [0.5, 0.6) is 5.75 Å². The van der Waals surface area contributed by atoms with Crippen LogP contribution in [0, 0.1) is 11.3 Å². The van der Waals surface area contributed by atoms with Gasteiger partial charge in [-0.2, -0.15) is 5.26 Å². The van der Waals surface area contributed by atoms with E-state index in [0.717, 1.165) is 0 Å². The van der Waals surface area contributed by atoms with Crippen LogP contribution < -0.4 is 4.74 Å². The first kappa shape index (κ1) is 11.0. The summed E-state index contributed by atoms with van der Waals surface area (Å²) in [5.41, 5.74) is 0.437. The standard InChI is InChI=1S/C11H11NO3S/c12-7-9-3-1-2-4-11(9)15-10-5-6-16(13,14)8-10/h1-4,10H,5-6,8H2. The fourth-order valence-electron chi connectivity index (χ4n) is 1.70. The van der Waals surface area contributed by atoms with Crippen molar-refractivity contribution in [2.45, 2.75) is 12.5 Å². The summed E-state index contributed by atoms with van der Waals surface area (Å²) in [5, 5.41) is 8.85. The van der Waals surface area contributed by atoms with Crippen molar-refractivity contribution in [1.82, 2.24) is 0 Å². The van der Waals surface area contributed by atoms with Crippen molar-refractivity contribution >= 4 is 9.84 Å². The number of hydrogen-bond acceptors (Lipinski definition) is 4. The number of nitrogens with zero attached hydrogens (tertiary/aromatic N) is 1. The average Bonchev–Trinajstić information content (AvgIpc) is 2.59. The Morgan fingerprint density at radius 3 is 2.75 bits per heavy atom. The fourth-order valence-corrected chi connectivity index (χ4v) is 3.29. The summed E-state index contributed by atoms with van der Waals surface area (Å²) in [4.78, 5) is 0. The Labute approximate surface area is 94.4 Å². The summed E-state index contributed by atoms with van der Waals surface area (Å²) in [6.07, 6.45) is 0.182. The second-order valence-electron chi connectivity index (χ2n) is 3.75. The third kappa shape index (κ3) is 2.34. The van der Waals surface area contributed by atoms with E-state index in [-0.39, 0.29) is 17.6 Å². The Kier molecular flexibility index (Phi) is 2.84. The van der Waals surface area contributed by atoms with Crippen molar-refractivity contribution in [2.75, 3.05) is 11.5 Å². The van der Waals surface area contributed by atoms with Crippen LogP contribution in [0.25, 0.3) is 0 Å². The predicted octanol–water partition coefficient (Wildman–Crippen LogP) is 1.12. The first-order valence-corrected chi connectivity index (χ1v) is 6.79. The van der Waals surface area contributed by atoms with E-state index >= 15 is 0 Å². The van der Waals surface area contributed by atoms with Gasteiger partial charge in [-0.25, -0.2) is 8.42 Å². The van der Waals surface area contributed by atoms with Gasteiger partial charge in [0.1, 0.15) is 17.9 Å². The molecule has 1 aromatic carbocycles. The summed E-state index contributed by atoms with van der Waals surface area (Å²) in [5.74, 6) is 0.686. The highest BCUT2D eigenvalue weighted by molar-refractivity contribution is 7.91. The lowest BCUT2D eigenvalue weighted by Crippen LogP contribution is -2.18. The second kappa shape index (κ2) is 4.14. The molecule has 5 heteroatoms. The first-order valence-electron chi connectivity index (χ1n) is 4.97. The zero-order valence-corrected chi connectivity index (χ0v) is 9.40. The molecule has 0 amide bonds. The largest absolute Gasteiger partial charge is 0.488 e. The zero-order valence-electron chi connectivity index (χ0n) is 8.59. The molecule has 1 aliphatic rings. The molecule has 2 rings (SSSR count). The molecule has 0 N–H and O–H groups in total. The van der Waals surface area contributed by atoms with E-state index in [1.807, 2.05) is 6.07 Å². The van der Waals surface area contributed by atoms with Crippen LogP contribution in [0.15, 0.2) is 24.3 Å². The van der Waals surface area contributed by atoms with Crippen LogP contribution in [0.4, 0.5) is 0 Å². The Morgan fingerprint density at radius 2 is 2.12 bits per heavy atom. The number of sulfone groups is 1. The molecule has 0 spiro atoms. The van der Waals surface area contributed by atoms with Crippen molar-refractivity contribution in [3.63, 3.8) is 0 Å². The van der Waals surface area contributed by atoms with Crippen LogP contribution in [0.3, 0.4) is 0 Å². The summed E-state index contributed by atoms with van der Waals surface area (Å²) in [6, 6.07) is 8.86. The molecule has 0 aromatic heterocycles. The SMILES string of the molecule is N#Cc1ccccc1OC1CCS(=O)(=O)C1. The maximum Gasteiger partial charge on any atom is 0.154 e. The van der Waals surface area contributed by atoms with Gasteiger partial charge >= 0.3 is 0 Å². The number of benzene rings is 1. The Balaban J connectivity index is 2.14. The summed E-state index contributed by atoms with van der Waals surface area (Å²) < 4.78 is 28.0. The van der Waals surface area contributed by atoms with E-state index in [9.17, 15) is 8.42 Å². The quantitative estimate of drug-likeness (QED) is 0.773. The molecule has 1 heterocycles. The van der Waals surface area contributed by atoms with Crippen molar-refractivity contribution < 1.29 is 13.2 Å². The molecule has 16 heavy (non-hydrogen) atoms. The molecular weight excluding hydrogens is 226 g/mol. The van der Waals surface area contributed by atoms with E-state index in [4.69, 9.17) is 10.00 Å². The highest BCUT2D eigenvalue weighted by atomic mass is 32.2. The van der Waals surface area contributed by atoms with Gasteiger partial charge in [0.2, 0.25) is 0 Å². The number of para-hydroxylation sites is 1. The number of nitriles is 1. The van der Waals surface area contributed by atoms with E-state index in [1.165, 1.54) is 0 Å². The molecule has 0 bridgehead atoms. The minimum Gasteiger partial charge on any atom is -0.488 e. The van der Waals surface area contributed by atoms with Gasteiger partial charge < -0.3 is 4.74 Å². The Bertz CT molecular complexity index is 530. The molecule has 1 unspecified atom stereocenters. The summed E-state index contributed by atoms with van der Waals surface area (Å²) >= 11 is 0. The van der Waals surface area contributed by atoms with Gasteiger partial charge in [-0.15, -0.1) is 0 Å². The maximum atomic E-state index is 11.2. The van der Waals surface area contributed by atoms with Crippen LogP contribution in [-0.4, -0.2) is 26.0 Å². The topological polar surface area (TPSA) is 67.2 Å². The average molecular weight is 237 g/mol. The lowest BCUT2D eigenvalue weighted by molar-refractivity contribution is 0.228. The van der Waals surface area contributed by atoms with Gasteiger partial charge in [0.25, 0.3) is 0 Å². The van der Waals surface area contributed by atoms with Crippen molar-refractivity contribution in [3.8, 4) is 11.8 Å². The molecule has 84 valence electrons. The van der Waals surface area contributed by atoms with Gasteiger partial charge in [-0.3, -0.25) is 0 Å². The third-order valence-electron chi connectivity index (χ3n) is 2.49. The van der Waals surface area contributed by atoms with Crippen LogP contribution in [0.2, 0.25) is 0 Å². The minimum absolute atomic E-state index is 0.0484. The molecule has 1 aliphatic heterocycles. The monoisotopic (exact) mass is 237 g/mol. The van der Waals surface area contributed by atoms with E-state index < -0.39 is 9.84 Å². The summed E-state index contributed by atoms with van der Waals surface area (Å²) in [7, 11) is -2.94. The van der Waals surface area contributed by atoms with E-state index in [1.54, 1.807) is 24.3 Å². The molecule has 0 aliphatic carbocycles. The van der Waals surface area contributed by atoms with E-state index in [2.05, 4.69) is 0 Å². The minimum atomic E-state index is -2.94. The van der Waals surface area contributed by atoms with Crippen LogP contribution in [-0.2, 0) is 9.84 Å². The normalized spacial score (nSPS) is 22.6. The molecule has 1 saturated heterocycles. The second-order valence-corrected chi connectivity index (χ2v) is 5.98. The van der Waals surface area contributed by atoms with Crippen molar-refractivity contribution in [1.29, 1.82) is 5.26 Å². The number of hydrogen-bond donors (Lipinski definition) is 0. The first-order chi connectivity index (χ1) is 7.61. The zero-order chi connectivity index (χ0) is 11.6. The molecule has 1 atom stereocenters. The third-order valence-corrected chi connectivity index (χ3v) is 4.23. The Morgan fingerprint density at radius 1 is 1.38 bits per heavy atom. The van der Waals surface area contributed by atoms with Gasteiger partial charge in [-0.1, -0.05) is 12.1 Å². The lowest BCUT2D eigenvalue weighted by Gasteiger charge is -2.12. The molecule has 0 radical (unpaired) electrons. The number of ether oxygens (including phenoxy) is 1. The maximum absolute atomic E-state index is 11.2. The predicted molar refractivity (Wildman–Crippen MR) is 58.8 cm³/mol. The molecule has 0 saturated carbocycles. The fraction of sp³-hybridized carbons (Fsp3) is 0.364. The lowest BCUT2D eigenvalue weighted by atomic mass is 10.2. The van der Waals surface area contributed by atoms with Crippen molar-refractivity contribution in [3.05, 3.63) is 29.8 Å².